The van der Waals surface area contributed by atoms with E-state index < -0.39 is 5.60 Å². The van der Waals surface area contributed by atoms with Crippen molar-refractivity contribution in [2.45, 2.75) is 45.1 Å². The first-order valence-electron chi connectivity index (χ1n) is 5.12. The third-order valence-electron chi connectivity index (χ3n) is 2.09. The van der Waals surface area contributed by atoms with Gasteiger partial charge in [0.25, 0.3) is 0 Å². The van der Waals surface area contributed by atoms with Crippen molar-refractivity contribution >= 4 is 11.8 Å². The molecule has 0 bridgehead atoms. The van der Waals surface area contributed by atoms with Gasteiger partial charge in [0.1, 0.15) is 0 Å². The van der Waals surface area contributed by atoms with Crippen molar-refractivity contribution in [2.24, 2.45) is 5.73 Å². The molecule has 13 heavy (non-hydrogen) atoms. The Labute approximate surface area is 86.3 Å². The van der Waals surface area contributed by atoms with Crippen LogP contribution in [0, 0.1) is 0 Å². The van der Waals surface area contributed by atoms with Gasteiger partial charge in [-0.3, -0.25) is 0 Å². The predicted molar refractivity (Wildman–Crippen MR) is 61.1 cm³/mol. The minimum atomic E-state index is -0.648. The number of unbranched alkanes of at least 4 members (excludes halogenated alkanes) is 1. The summed E-state index contributed by atoms with van der Waals surface area (Å²) < 4.78 is 0. The Hall–Kier alpha value is 0.270. The third kappa shape index (κ3) is 8.60. The summed E-state index contributed by atoms with van der Waals surface area (Å²) in [7, 11) is 0. The molecule has 80 valence electrons. The zero-order valence-electron chi connectivity index (χ0n) is 8.88. The summed E-state index contributed by atoms with van der Waals surface area (Å²) >= 11 is 1.98. The van der Waals surface area contributed by atoms with Gasteiger partial charge >= 0.3 is 0 Å². The molecule has 1 unspecified atom stereocenters. The monoisotopic (exact) mass is 205 g/mol. The highest BCUT2D eigenvalue weighted by Crippen LogP contribution is 2.14. The maximum Gasteiger partial charge on any atom is 0.0741 e. The first-order valence-corrected chi connectivity index (χ1v) is 6.28. The van der Waals surface area contributed by atoms with Gasteiger partial charge < -0.3 is 10.8 Å². The Bertz CT molecular complexity index is 117. The van der Waals surface area contributed by atoms with Crippen LogP contribution in [0.15, 0.2) is 0 Å². The molecule has 2 nitrogen and oxygen atoms in total. The Morgan fingerprint density at radius 3 is 2.46 bits per heavy atom. The van der Waals surface area contributed by atoms with Crippen molar-refractivity contribution in [3.63, 3.8) is 0 Å². The molecule has 0 aliphatic rings. The average molecular weight is 205 g/mol. The van der Waals surface area contributed by atoms with Crippen LogP contribution in [0.5, 0.6) is 0 Å². The first kappa shape index (κ1) is 13.3. The molecule has 3 heteroatoms. The molecule has 0 aromatic heterocycles. The highest BCUT2D eigenvalue weighted by atomic mass is 32.2. The first-order chi connectivity index (χ1) is 6.12. The molecular formula is C10H23NOS. The van der Waals surface area contributed by atoms with E-state index in [1.807, 2.05) is 18.7 Å². The van der Waals surface area contributed by atoms with Crippen LogP contribution in [0.25, 0.3) is 0 Å². The van der Waals surface area contributed by atoms with Crippen LogP contribution in [0.2, 0.25) is 0 Å². The van der Waals surface area contributed by atoms with Gasteiger partial charge in [0.05, 0.1) is 5.60 Å². The highest BCUT2D eigenvalue weighted by molar-refractivity contribution is 7.99. The zero-order valence-corrected chi connectivity index (χ0v) is 9.70. The molecule has 0 fully saturated rings. The van der Waals surface area contributed by atoms with Gasteiger partial charge in [-0.1, -0.05) is 13.3 Å². The van der Waals surface area contributed by atoms with Gasteiger partial charge in [0, 0.05) is 6.54 Å². The van der Waals surface area contributed by atoms with Crippen molar-refractivity contribution < 1.29 is 5.11 Å². The van der Waals surface area contributed by atoms with Gasteiger partial charge in [-0.05, 0) is 37.7 Å². The van der Waals surface area contributed by atoms with E-state index in [2.05, 4.69) is 6.92 Å². The van der Waals surface area contributed by atoms with E-state index in [1.54, 1.807) is 0 Å². The van der Waals surface area contributed by atoms with Crippen LogP contribution in [-0.4, -0.2) is 28.8 Å². The number of rotatable bonds is 8. The maximum atomic E-state index is 9.59. The fraction of sp³-hybridized carbons (Fsp3) is 1.00. The van der Waals surface area contributed by atoms with Crippen LogP contribution in [-0.2, 0) is 0 Å². The standard InChI is InChI=1S/C10H23NOS/c1-3-4-7-13-8-5-6-10(2,12)9-11/h12H,3-9,11H2,1-2H3. The summed E-state index contributed by atoms with van der Waals surface area (Å²) in [6.07, 6.45) is 4.46. The van der Waals surface area contributed by atoms with E-state index in [0.29, 0.717) is 6.54 Å². The van der Waals surface area contributed by atoms with Gasteiger partial charge in [0.2, 0.25) is 0 Å². The molecular weight excluding hydrogens is 182 g/mol. The summed E-state index contributed by atoms with van der Waals surface area (Å²) in [6, 6.07) is 0. The normalized spacial score (nSPS) is 15.7. The molecule has 0 heterocycles. The van der Waals surface area contributed by atoms with Crippen molar-refractivity contribution in [1.29, 1.82) is 0 Å². The summed E-state index contributed by atoms with van der Waals surface area (Å²) in [5.41, 5.74) is 4.76. The van der Waals surface area contributed by atoms with E-state index in [0.717, 1.165) is 18.6 Å². The lowest BCUT2D eigenvalue weighted by Gasteiger charge is -2.20. The van der Waals surface area contributed by atoms with Crippen molar-refractivity contribution in [3.05, 3.63) is 0 Å². The molecule has 0 aromatic carbocycles. The quantitative estimate of drug-likeness (QED) is 0.596. The summed E-state index contributed by atoms with van der Waals surface area (Å²) in [5.74, 6) is 2.40. The minimum absolute atomic E-state index is 0.368. The maximum absolute atomic E-state index is 9.59. The Balaban J connectivity index is 3.16. The fourth-order valence-corrected chi connectivity index (χ4v) is 2.05. The molecule has 3 N–H and O–H groups in total. The minimum Gasteiger partial charge on any atom is -0.389 e. The van der Waals surface area contributed by atoms with Crippen LogP contribution in [0.3, 0.4) is 0 Å². The van der Waals surface area contributed by atoms with Crippen LogP contribution in [0.1, 0.15) is 39.5 Å². The molecule has 0 saturated heterocycles. The van der Waals surface area contributed by atoms with E-state index in [-0.39, 0.29) is 0 Å². The van der Waals surface area contributed by atoms with Gasteiger partial charge in [0.15, 0.2) is 0 Å². The largest absolute Gasteiger partial charge is 0.389 e. The molecule has 0 aromatic rings. The number of hydrogen-bond donors (Lipinski definition) is 2. The molecule has 0 amide bonds. The van der Waals surface area contributed by atoms with Gasteiger partial charge in [-0.25, -0.2) is 0 Å². The molecule has 0 rings (SSSR count). The van der Waals surface area contributed by atoms with Crippen LogP contribution in [0.4, 0.5) is 0 Å². The number of aliphatic hydroxyl groups is 1. The van der Waals surface area contributed by atoms with Crippen molar-refractivity contribution in [2.75, 3.05) is 18.1 Å². The van der Waals surface area contributed by atoms with E-state index in [1.165, 1.54) is 18.6 Å². The summed E-state index contributed by atoms with van der Waals surface area (Å²) in [6.45, 7) is 4.39. The molecule has 0 saturated carbocycles. The second kappa shape index (κ2) is 7.65. The lowest BCUT2D eigenvalue weighted by molar-refractivity contribution is 0.0596. The second-order valence-corrected chi connectivity index (χ2v) is 5.00. The molecule has 0 radical (unpaired) electrons. The van der Waals surface area contributed by atoms with Crippen LogP contribution < -0.4 is 5.73 Å². The third-order valence-corrected chi connectivity index (χ3v) is 3.24. The number of hydrogen-bond acceptors (Lipinski definition) is 3. The fourth-order valence-electron chi connectivity index (χ4n) is 1.01. The highest BCUT2D eigenvalue weighted by Gasteiger charge is 2.16. The lowest BCUT2D eigenvalue weighted by Crippen LogP contribution is -2.34. The molecule has 0 spiro atoms. The molecule has 0 aliphatic carbocycles. The van der Waals surface area contributed by atoms with Gasteiger partial charge in [-0.15, -0.1) is 0 Å². The predicted octanol–water partition coefficient (Wildman–Crippen LogP) is 2.01. The van der Waals surface area contributed by atoms with E-state index in [9.17, 15) is 5.11 Å². The Morgan fingerprint density at radius 2 is 1.92 bits per heavy atom. The Kier molecular flexibility index (Phi) is 7.81. The topological polar surface area (TPSA) is 46.2 Å². The van der Waals surface area contributed by atoms with E-state index >= 15 is 0 Å². The lowest BCUT2D eigenvalue weighted by atomic mass is 10.0. The second-order valence-electron chi connectivity index (χ2n) is 3.77. The number of nitrogens with two attached hydrogens (primary N) is 1. The number of thioether (sulfide) groups is 1. The SMILES string of the molecule is CCCCSCCCC(C)(O)CN. The summed E-state index contributed by atoms with van der Waals surface area (Å²) in [5, 5.41) is 9.59. The van der Waals surface area contributed by atoms with Gasteiger partial charge in [-0.2, -0.15) is 11.8 Å². The van der Waals surface area contributed by atoms with Crippen LogP contribution >= 0.6 is 11.8 Å². The smallest absolute Gasteiger partial charge is 0.0741 e. The van der Waals surface area contributed by atoms with E-state index in [4.69, 9.17) is 5.73 Å². The summed E-state index contributed by atoms with van der Waals surface area (Å²) in [4.78, 5) is 0. The zero-order chi connectivity index (χ0) is 10.2. The average Bonchev–Trinajstić information content (AvgIpc) is 2.11. The van der Waals surface area contributed by atoms with Crippen molar-refractivity contribution in [3.8, 4) is 0 Å². The molecule has 0 aliphatic heterocycles. The Morgan fingerprint density at radius 1 is 1.31 bits per heavy atom. The molecule has 1 atom stereocenters. The van der Waals surface area contributed by atoms with Crippen molar-refractivity contribution in [1.82, 2.24) is 0 Å².